The number of methoxy groups -OCH3 is 1. The van der Waals surface area contributed by atoms with Gasteiger partial charge in [0.2, 0.25) is 0 Å². The van der Waals surface area contributed by atoms with Crippen LogP contribution >= 0.6 is 0 Å². The molecule has 0 radical (unpaired) electrons. The lowest BCUT2D eigenvalue weighted by Gasteiger charge is -2.28. The molecular formula is C19H26N2O4. The first-order chi connectivity index (χ1) is 11.9. The zero-order valence-corrected chi connectivity index (χ0v) is 15.4. The predicted molar refractivity (Wildman–Crippen MR) is 95.7 cm³/mol. The molecule has 0 aliphatic rings. The minimum atomic E-state index is -0.440. The number of amides is 2. The number of benzene rings is 1. The highest BCUT2D eigenvalue weighted by Crippen LogP contribution is 2.24. The van der Waals surface area contributed by atoms with Gasteiger partial charge in [-0.3, -0.25) is 0 Å². The fourth-order valence-electron chi connectivity index (χ4n) is 2.86. The van der Waals surface area contributed by atoms with E-state index in [0.717, 1.165) is 28.4 Å². The fraction of sp³-hybridized carbons (Fsp3) is 0.421. The number of carbonyl (C=O) groups is 1. The van der Waals surface area contributed by atoms with E-state index >= 15 is 0 Å². The Morgan fingerprint density at radius 1 is 1.32 bits per heavy atom. The average Bonchev–Trinajstić information content (AvgIpc) is 2.94. The summed E-state index contributed by atoms with van der Waals surface area (Å²) in [5, 5.41) is 12.7. The van der Waals surface area contributed by atoms with E-state index in [0.29, 0.717) is 0 Å². The zero-order chi connectivity index (χ0) is 18.6. The third kappa shape index (κ3) is 4.33. The third-order valence-electron chi connectivity index (χ3n) is 4.35. The molecule has 0 unspecified atom stereocenters. The van der Waals surface area contributed by atoms with Gasteiger partial charge in [-0.25, -0.2) is 4.79 Å². The maximum Gasteiger partial charge on any atom is 0.318 e. The Bertz CT molecular complexity index is 709. The lowest BCUT2D eigenvalue weighted by molar-refractivity contribution is 0.148. The Kier molecular flexibility index (Phi) is 6.09. The number of aliphatic hydroxyl groups excluding tert-OH is 1. The molecule has 1 aromatic heterocycles. The smallest absolute Gasteiger partial charge is 0.318 e. The fourth-order valence-corrected chi connectivity index (χ4v) is 2.86. The summed E-state index contributed by atoms with van der Waals surface area (Å²) < 4.78 is 10.7. The van der Waals surface area contributed by atoms with Crippen LogP contribution in [0.5, 0.6) is 5.75 Å². The van der Waals surface area contributed by atoms with Gasteiger partial charge in [0.15, 0.2) is 0 Å². The summed E-state index contributed by atoms with van der Waals surface area (Å²) in [7, 11) is 3.26. The Hall–Kier alpha value is -2.47. The molecule has 0 saturated heterocycles. The van der Waals surface area contributed by atoms with Crippen LogP contribution in [0, 0.1) is 13.8 Å². The number of hydrogen-bond acceptors (Lipinski definition) is 4. The molecule has 0 bridgehead atoms. The summed E-state index contributed by atoms with van der Waals surface area (Å²) in [6, 6.07) is 8.34. The van der Waals surface area contributed by atoms with Gasteiger partial charge in [-0.05, 0) is 44.5 Å². The molecule has 2 rings (SSSR count). The molecule has 0 spiro atoms. The van der Waals surface area contributed by atoms with Crippen molar-refractivity contribution in [2.75, 3.05) is 20.8 Å². The number of nitrogens with one attached hydrogen (secondary N) is 1. The summed E-state index contributed by atoms with van der Waals surface area (Å²) >= 11 is 0. The highest BCUT2D eigenvalue weighted by atomic mass is 16.5. The van der Waals surface area contributed by atoms with Gasteiger partial charge in [0.25, 0.3) is 0 Å². The molecule has 2 N–H and O–H groups in total. The lowest BCUT2D eigenvalue weighted by atomic mass is 10.1. The molecule has 6 nitrogen and oxygen atoms in total. The largest absolute Gasteiger partial charge is 0.497 e. The van der Waals surface area contributed by atoms with E-state index in [1.807, 2.05) is 51.1 Å². The summed E-state index contributed by atoms with van der Waals surface area (Å²) in [5.74, 6) is 2.34. The van der Waals surface area contributed by atoms with E-state index < -0.39 is 6.04 Å². The van der Waals surface area contributed by atoms with Crippen LogP contribution in [0.4, 0.5) is 4.79 Å². The number of ether oxygens (including phenoxy) is 1. The Morgan fingerprint density at radius 2 is 1.96 bits per heavy atom. The molecule has 0 fully saturated rings. The second-order valence-corrected chi connectivity index (χ2v) is 6.12. The van der Waals surface area contributed by atoms with Crippen molar-refractivity contribution in [3.05, 3.63) is 53.0 Å². The number of likely N-dealkylation sites (N-methyl/N-ethyl adjacent to an activating group) is 1. The monoisotopic (exact) mass is 346 g/mol. The average molecular weight is 346 g/mol. The van der Waals surface area contributed by atoms with Gasteiger partial charge in [0.05, 0.1) is 25.8 Å². The van der Waals surface area contributed by atoms with Crippen LogP contribution in [0.2, 0.25) is 0 Å². The van der Waals surface area contributed by atoms with Crippen molar-refractivity contribution in [2.24, 2.45) is 0 Å². The topological polar surface area (TPSA) is 74.9 Å². The number of nitrogens with zero attached hydrogens (tertiary/aromatic N) is 1. The lowest BCUT2D eigenvalue weighted by Crippen LogP contribution is -2.41. The van der Waals surface area contributed by atoms with Crippen molar-refractivity contribution in [2.45, 2.75) is 32.9 Å². The van der Waals surface area contributed by atoms with Crippen molar-refractivity contribution in [1.82, 2.24) is 10.2 Å². The SMILES string of the molecule is COc1ccc([C@H](CO)N(C)C(=O)N[C@@H](C)c2cc(C)oc2C)cc1. The number of carbonyl (C=O) groups excluding carboxylic acids is 1. The first-order valence-corrected chi connectivity index (χ1v) is 8.22. The normalized spacial score (nSPS) is 13.2. The van der Waals surface area contributed by atoms with Gasteiger partial charge in [-0.1, -0.05) is 12.1 Å². The Labute approximate surface area is 148 Å². The number of aryl methyl sites for hydroxylation is 2. The number of hydrogen-bond donors (Lipinski definition) is 2. The van der Waals surface area contributed by atoms with Gasteiger partial charge in [-0.2, -0.15) is 0 Å². The van der Waals surface area contributed by atoms with Crippen LogP contribution in [0.15, 0.2) is 34.7 Å². The molecule has 1 heterocycles. The molecule has 0 saturated carbocycles. The van der Waals surface area contributed by atoms with Gasteiger partial charge in [0.1, 0.15) is 17.3 Å². The minimum Gasteiger partial charge on any atom is -0.497 e. The maximum atomic E-state index is 12.6. The van der Waals surface area contributed by atoms with Gasteiger partial charge in [0, 0.05) is 12.6 Å². The van der Waals surface area contributed by atoms with Crippen LogP contribution in [0.3, 0.4) is 0 Å². The highest BCUT2D eigenvalue weighted by Gasteiger charge is 2.23. The molecule has 2 atom stereocenters. The number of aliphatic hydroxyl groups is 1. The molecule has 136 valence electrons. The number of furan rings is 1. The molecule has 0 aliphatic heterocycles. The van der Waals surface area contributed by atoms with Gasteiger partial charge >= 0.3 is 6.03 Å². The molecule has 25 heavy (non-hydrogen) atoms. The predicted octanol–water partition coefficient (Wildman–Crippen LogP) is 3.34. The minimum absolute atomic E-state index is 0.172. The molecule has 2 aromatic rings. The van der Waals surface area contributed by atoms with E-state index in [1.54, 1.807) is 14.2 Å². The molecule has 1 aromatic carbocycles. The van der Waals surface area contributed by atoms with Crippen molar-refractivity contribution in [3.63, 3.8) is 0 Å². The summed E-state index contributed by atoms with van der Waals surface area (Å²) in [5.41, 5.74) is 1.79. The van der Waals surface area contributed by atoms with E-state index in [9.17, 15) is 9.90 Å². The quantitative estimate of drug-likeness (QED) is 0.841. The van der Waals surface area contributed by atoms with Gasteiger partial charge < -0.3 is 24.5 Å². The molecule has 2 amide bonds. The summed E-state index contributed by atoms with van der Waals surface area (Å²) in [6.07, 6.45) is 0. The maximum absolute atomic E-state index is 12.6. The molecular weight excluding hydrogens is 320 g/mol. The standard InChI is InChI=1S/C19H26N2O4/c1-12-10-17(14(3)25-12)13(2)20-19(23)21(4)18(11-22)15-6-8-16(24-5)9-7-15/h6-10,13,18,22H,11H2,1-5H3,(H,20,23)/t13-,18-/m0/s1. The Morgan fingerprint density at radius 3 is 2.44 bits per heavy atom. The van der Waals surface area contributed by atoms with Crippen LogP contribution in [0.25, 0.3) is 0 Å². The van der Waals surface area contributed by atoms with Crippen molar-refractivity contribution in [3.8, 4) is 5.75 Å². The summed E-state index contributed by atoms with van der Waals surface area (Å²) in [6.45, 7) is 5.49. The summed E-state index contributed by atoms with van der Waals surface area (Å²) in [4.78, 5) is 14.1. The number of rotatable bonds is 6. The first kappa shape index (κ1) is 18.9. The van der Waals surface area contributed by atoms with Crippen molar-refractivity contribution in [1.29, 1.82) is 0 Å². The van der Waals surface area contributed by atoms with E-state index in [-0.39, 0.29) is 18.7 Å². The Balaban J connectivity index is 2.09. The van der Waals surface area contributed by atoms with E-state index in [1.165, 1.54) is 4.90 Å². The second kappa shape index (κ2) is 8.07. The second-order valence-electron chi connectivity index (χ2n) is 6.12. The highest BCUT2D eigenvalue weighted by molar-refractivity contribution is 5.75. The van der Waals surface area contributed by atoms with Crippen LogP contribution in [0.1, 0.15) is 41.7 Å². The van der Waals surface area contributed by atoms with Crippen molar-refractivity contribution >= 4 is 6.03 Å². The molecule has 0 aliphatic carbocycles. The van der Waals surface area contributed by atoms with E-state index in [4.69, 9.17) is 9.15 Å². The third-order valence-corrected chi connectivity index (χ3v) is 4.35. The van der Waals surface area contributed by atoms with Crippen LogP contribution in [-0.4, -0.2) is 36.8 Å². The van der Waals surface area contributed by atoms with E-state index in [2.05, 4.69) is 5.32 Å². The van der Waals surface area contributed by atoms with Gasteiger partial charge in [-0.15, -0.1) is 0 Å². The van der Waals surface area contributed by atoms with Crippen LogP contribution < -0.4 is 10.1 Å². The van der Waals surface area contributed by atoms with Crippen LogP contribution in [-0.2, 0) is 0 Å². The molecule has 6 heteroatoms. The number of urea groups is 1. The first-order valence-electron chi connectivity index (χ1n) is 8.22. The zero-order valence-electron chi connectivity index (χ0n) is 15.4. The van der Waals surface area contributed by atoms with Crippen molar-refractivity contribution < 1.29 is 19.1 Å².